The molecule has 0 saturated heterocycles. The SMILES string of the molecule is CCNC(=O)CN(C)CC(O)c1ccccc1N. The van der Waals surface area contributed by atoms with Crippen LogP contribution in [0, 0.1) is 0 Å². The number of nitrogens with two attached hydrogens (primary N) is 1. The molecule has 5 heteroatoms. The Morgan fingerprint density at radius 2 is 2.17 bits per heavy atom. The van der Waals surface area contributed by atoms with Crippen LogP contribution in [0.1, 0.15) is 18.6 Å². The van der Waals surface area contributed by atoms with Crippen LogP contribution in [0.3, 0.4) is 0 Å². The number of rotatable bonds is 6. The second kappa shape index (κ2) is 6.98. The average molecular weight is 251 g/mol. The standard InChI is InChI=1S/C13H21N3O2/c1-3-15-13(18)9-16(2)8-12(17)10-6-4-5-7-11(10)14/h4-7,12,17H,3,8-9,14H2,1-2H3,(H,15,18). The summed E-state index contributed by atoms with van der Waals surface area (Å²) in [5, 5.41) is 12.8. The number of amides is 1. The fraction of sp³-hybridized carbons (Fsp3) is 0.462. The molecule has 0 aliphatic heterocycles. The van der Waals surface area contributed by atoms with Crippen molar-refractivity contribution in [1.82, 2.24) is 10.2 Å². The molecule has 0 aliphatic carbocycles. The van der Waals surface area contributed by atoms with Gasteiger partial charge in [0, 0.05) is 24.3 Å². The third-order valence-electron chi connectivity index (χ3n) is 2.63. The van der Waals surface area contributed by atoms with Crippen LogP contribution >= 0.6 is 0 Å². The molecule has 0 aromatic heterocycles. The highest BCUT2D eigenvalue weighted by Crippen LogP contribution is 2.20. The lowest BCUT2D eigenvalue weighted by atomic mass is 10.1. The molecule has 1 amide bonds. The van der Waals surface area contributed by atoms with Gasteiger partial charge in [-0.1, -0.05) is 18.2 Å². The van der Waals surface area contributed by atoms with Crippen LogP contribution < -0.4 is 11.1 Å². The van der Waals surface area contributed by atoms with Crippen molar-refractivity contribution in [3.8, 4) is 0 Å². The Morgan fingerprint density at radius 3 is 2.78 bits per heavy atom. The number of nitrogens with zero attached hydrogens (tertiary/aromatic N) is 1. The number of nitrogen functional groups attached to an aromatic ring is 1. The zero-order valence-corrected chi connectivity index (χ0v) is 10.9. The molecule has 0 radical (unpaired) electrons. The van der Waals surface area contributed by atoms with Crippen molar-refractivity contribution in [2.45, 2.75) is 13.0 Å². The van der Waals surface area contributed by atoms with E-state index in [1.165, 1.54) is 0 Å². The van der Waals surface area contributed by atoms with Crippen molar-refractivity contribution in [3.05, 3.63) is 29.8 Å². The minimum atomic E-state index is -0.689. The van der Waals surface area contributed by atoms with E-state index in [0.29, 0.717) is 24.3 Å². The molecule has 100 valence electrons. The number of likely N-dealkylation sites (N-methyl/N-ethyl adjacent to an activating group) is 2. The molecule has 1 rings (SSSR count). The summed E-state index contributed by atoms with van der Waals surface area (Å²) in [4.78, 5) is 13.1. The van der Waals surface area contributed by atoms with Crippen LogP contribution in [-0.4, -0.2) is 42.6 Å². The van der Waals surface area contributed by atoms with E-state index in [2.05, 4.69) is 5.32 Å². The second-order valence-electron chi connectivity index (χ2n) is 4.29. The summed E-state index contributed by atoms with van der Waals surface area (Å²) in [7, 11) is 1.79. The number of hydrogen-bond donors (Lipinski definition) is 3. The van der Waals surface area contributed by atoms with Gasteiger partial charge < -0.3 is 16.2 Å². The summed E-state index contributed by atoms with van der Waals surface area (Å²) in [6.45, 7) is 3.11. The molecular weight excluding hydrogens is 230 g/mol. The van der Waals surface area contributed by atoms with Crippen LogP contribution in [0.5, 0.6) is 0 Å². The van der Waals surface area contributed by atoms with Crippen molar-refractivity contribution in [1.29, 1.82) is 0 Å². The predicted molar refractivity (Wildman–Crippen MR) is 72.0 cm³/mol. The third-order valence-corrected chi connectivity index (χ3v) is 2.63. The number of carbonyl (C=O) groups is 1. The first-order valence-electron chi connectivity index (χ1n) is 6.02. The van der Waals surface area contributed by atoms with Crippen molar-refractivity contribution in [2.24, 2.45) is 0 Å². The first kappa shape index (κ1) is 14.5. The quantitative estimate of drug-likeness (QED) is 0.638. The average Bonchev–Trinajstić information content (AvgIpc) is 2.29. The molecule has 1 atom stereocenters. The van der Waals surface area contributed by atoms with E-state index in [0.717, 1.165) is 0 Å². The van der Waals surface area contributed by atoms with Gasteiger partial charge in [-0.2, -0.15) is 0 Å². The monoisotopic (exact) mass is 251 g/mol. The number of hydrogen-bond acceptors (Lipinski definition) is 4. The molecule has 0 saturated carbocycles. The number of anilines is 1. The predicted octanol–water partition coefficient (Wildman–Crippen LogP) is 0.370. The van der Waals surface area contributed by atoms with E-state index in [9.17, 15) is 9.90 Å². The van der Waals surface area contributed by atoms with Crippen molar-refractivity contribution in [2.75, 3.05) is 32.4 Å². The Morgan fingerprint density at radius 1 is 1.50 bits per heavy atom. The molecule has 0 spiro atoms. The number of aliphatic hydroxyl groups is 1. The highest BCUT2D eigenvalue weighted by atomic mass is 16.3. The van der Waals surface area contributed by atoms with E-state index in [-0.39, 0.29) is 12.5 Å². The number of carbonyl (C=O) groups excluding carboxylic acids is 1. The summed E-state index contributed by atoms with van der Waals surface area (Å²) >= 11 is 0. The number of nitrogens with one attached hydrogen (secondary N) is 1. The normalized spacial score (nSPS) is 12.4. The van der Waals surface area contributed by atoms with E-state index >= 15 is 0 Å². The van der Waals surface area contributed by atoms with E-state index < -0.39 is 6.10 Å². The van der Waals surface area contributed by atoms with Gasteiger partial charge in [-0.15, -0.1) is 0 Å². The lowest BCUT2D eigenvalue weighted by Crippen LogP contribution is -2.36. The summed E-state index contributed by atoms with van der Waals surface area (Å²) in [5.41, 5.74) is 7.05. The summed E-state index contributed by atoms with van der Waals surface area (Å²) in [6, 6.07) is 7.20. The van der Waals surface area contributed by atoms with Gasteiger partial charge in [0.05, 0.1) is 12.6 Å². The van der Waals surface area contributed by atoms with E-state index in [4.69, 9.17) is 5.73 Å². The van der Waals surface area contributed by atoms with Crippen molar-refractivity contribution in [3.63, 3.8) is 0 Å². The Hall–Kier alpha value is -1.59. The Kier molecular flexibility index (Phi) is 5.61. The molecule has 0 aliphatic rings. The molecule has 4 N–H and O–H groups in total. The fourth-order valence-electron chi connectivity index (χ4n) is 1.77. The van der Waals surface area contributed by atoms with Crippen LogP contribution in [0.15, 0.2) is 24.3 Å². The van der Waals surface area contributed by atoms with Crippen molar-refractivity contribution < 1.29 is 9.90 Å². The smallest absolute Gasteiger partial charge is 0.234 e. The maximum atomic E-state index is 11.4. The van der Waals surface area contributed by atoms with Gasteiger partial charge in [-0.25, -0.2) is 0 Å². The molecule has 0 heterocycles. The molecule has 0 fully saturated rings. The van der Waals surface area contributed by atoms with E-state index in [1.807, 2.05) is 19.1 Å². The van der Waals surface area contributed by atoms with Gasteiger partial charge in [0.1, 0.15) is 0 Å². The minimum absolute atomic E-state index is 0.0479. The molecule has 1 aromatic rings. The van der Waals surface area contributed by atoms with Gasteiger partial charge in [0.25, 0.3) is 0 Å². The van der Waals surface area contributed by atoms with Gasteiger partial charge >= 0.3 is 0 Å². The largest absolute Gasteiger partial charge is 0.398 e. The highest BCUT2D eigenvalue weighted by Gasteiger charge is 2.14. The Bertz CT molecular complexity index is 396. The van der Waals surface area contributed by atoms with E-state index in [1.54, 1.807) is 24.1 Å². The summed E-state index contributed by atoms with van der Waals surface area (Å²) in [6.07, 6.45) is -0.689. The first-order chi connectivity index (χ1) is 8.54. The lowest BCUT2D eigenvalue weighted by Gasteiger charge is -2.21. The topological polar surface area (TPSA) is 78.6 Å². The number of aliphatic hydroxyl groups excluding tert-OH is 1. The van der Waals surface area contributed by atoms with Crippen LogP contribution in [0.25, 0.3) is 0 Å². The fourth-order valence-corrected chi connectivity index (χ4v) is 1.77. The first-order valence-corrected chi connectivity index (χ1v) is 6.02. The summed E-state index contributed by atoms with van der Waals surface area (Å²) in [5.74, 6) is -0.0479. The molecule has 18 heavy (non-hydrogen) atoms. The van der Waals surface area contributed by atoms with Gasteiger partial charge in [-0.05, 0) is 20.0 Å². The van der Waals surface area contributed by atoms with Crippen molar-refractivity contribution >= 4 is 11.6 Å². The molecule has 1 aromatic carbocycles. The van der Waals surface area contributed by atoms with Crippen LogP contribution in [-0.2, 0) is 4.79 Å². The zero-order valence-electron chi connectivity index (χ0n) is 10.9. The van der Waals surface area contributed by atoms with Gasteiger partial charge in [0.15, 0.2) is 0 Å². The summed E-state index contributed by atoms with van der Waals surface area (Å²) < 4.78 is 0. The van der Waals surface area contributed by atoms with Gasteiger partial charge in [-0.3, -0.25) is 9.69 Å². The molecule has 0 bridgehead atoms. The molecular formula is C13H21N3O2. The maximum Gasteiger partial charge on any atom is 0.234 e. The third kappa shape index (κ3) is 4.35. The second-order valence-corrected chi connectivity index (χ2v) is 4.29. The maximum absolute atomic E-state index is 11.4. The number of benzene rings is 1. The van der Waals surface area contributed by atoms with Gasteiger partial charge in [0.2, 0.25) is 5.91 Å². The van der Waals surface area contributed by atoms with Crippen LogP contribution in [0.4, 0.5) is 5.69 Å². The molecule has 1 unspecified atom stereocenters. The lowest BCUT2D eigenvalue weighted by molar-refractivity contribution is -0.122. The zero-order chi connectivity index (χ0) is 13.5. The number of para-hydroxylation sites is 1. The Balaban J connectivity index is 2.52. The van der Waals surface area contributed by atoms with Crippen LogP contribution in [0.2, 0.25) is 0 Å². The minimum Gasteiger partial charge on any atom is -0.398 e. The molecule has 5 nitrogen and oxygen atoms in total. The highest BCUT2D eigenvalue weighted by molar-refractivity contribution is 5.77. The Labute approximate surface area is 108 Å².